The zero-order chi connectivity index (χ0) is 9.26. The zero-order valence-corrected chi connectivity index (χ0v) is 6.99. The molecule has 5 N–H and O–H groups in total. The van der Waals surface area contributed by atoms with Crippen molar-refractivity contribution >= 4 is 22.3 Å². The molecule has 0 fully saturated rings. The van der Waals surface area contributed by atoms with Crippen LogP contribution in [-0.4, -0.2) is 4.98 Å². The topological polar surface area (TPSA) is 77.0 Å². The maximum atomic E-state index is 5.70. The molecule has 0 aliphatic carbocycles. The third-order valence-electron chi connectivity index (χ3n) is 1.96. The van der Waals surface area contributed by atoms with E-state index < -0.39 is 0 Å². The molecule has 2 aromatic rings. The highest BCUT2D eigenvalue weighted by Gasteiger charge is 1.98. The van der Waals surface area contributed by atoms with Gasteiger partial charge in [0, 0.05) is 17.3 Å². The summed E-state index contributed by atoms with van der Waals surface area (Å²) in [4.78, 5) is 3.99. The highest BCUT2D eigenvalue weighted by molar-refractivity contribution is 5.93. The van der Waals surface area contributed by atoms with Crippen LogP contribution >= 0.6 is 0 Å². The van der Waals surface area contributed by atoms with Gasteiger partial charge < -0.3 is 11.2 Å². The Morgan fingerprint density at radius 3 is 2.85 bits per heavy atom. The summed E-state index contributed by atoms with van der Waals surface area (Å²) in [6.45, 7) is 0. The first-order valence-electron chi connectivity index (χ1n) is 3.92. The molecule has 2 rings (SSSR count). The quantitative estimate of drug-likeness (QED) is 0.447. The molecule has 1 aromatic carbocycles. The van der Waals surface area contributed by atoms with Crippen molar-refractivity contribution in [1.82, 2.24) is 4.98 Å². The highest BCUT2D eigenvalue weighted by atomic mass is 15.2. The fraction of sp³-hybridized carbons (Fsp3) is 0. The van der Waals surface area contributed by atoms with Gasteiger partial charge in [-0.15, -0.1) is 0 Å². The van der Waals surface area contributed by atoms with E-state index in [1.165, 1.54) is 0 Å². The lowest BCUT2D eigenvalue weighted by molar-refractivity contribution is 1.34. The van der Waals surface area contributed by atoms with Crippen LogP contribution < -0.4 is 17.0 Å². The standard InChI is InChI=1S/C9H10N4/c10-9-8-5-7(13-11)2-1-6(8)3-4-12-9/h1-5,13H,11H2,(H2,10,12). The van der Waals surface area contributed by atoms with Gasteiger partial charge in [-0.25, -0.2) is 4.98 Å². The summed E-state index contributed by atoms with van der Waals surface area (Å²) >= 11 is 0. The number of fused-ring (bicyclic) bond motifs is 1. The Morgan fingerprint density at radius 2 is 2.08 bits per heavy atom. The van der Waals surface area contributed by atoms with E-state index in [9.17, 15) is 0 Å². The largest absolute Gasteiger partial charge is 0.383 e. The van der Waals surface area contributed by atoms with Crippen LogP contribution in [0.3, 0.4) is 0 Å². The van der Waals surface area contributed by atoms with Crippen LogP contribution in [0, 0.1) is 0 Å². The second kappa shape index (κ2) is 2.91. The number of nitrogens with zero attached hydrogens (tertiary/aromatic N) is 1. The minimum atomic E-state index is 0.523. The van der Waals surface area contributed by atoms with E-state index in [0.29, 0.717) is 5.82 Å². The number of nitrogens with one attached hydrogen (secondary N) is 1. The van der Waals surface area contributed by atoms with E-state index >= 15 is 0 Å². The number of pyridine rings is 1. The van der Waals surface area contributed by atoms with Crippen molar-refractivity contribution in [3.8, 4) is 0 Å². The van der Waals surface area contributed by atoms with Crippen LogP contribution in [0.1, 0.15) is 0 Å². The average Bonchev–Trinajstić information content (AvgIpc) is 2.18. The van der Waals surface area contributed by atoms with Crippen LogP contribution in [0.4, 0.5) is 11.5 Å². The molecular weight excluding hydrogens is 164 g/mol. The summed E-state index contributed by atoms with van der Waals surface area (Å²) in [7, 11) is 0. The van der Waals surface area contributed by atoms with Crippen molar-refractivity contribution < 1.29 is 0 Å². The molecule has 0 bridgehead atoms. The number of aromatic nitrogens is 1. The van der Waals surface area contributed by atoms with Crippen molar-refractivity contribution in [3.05, 3.63) is 30.5 Å². The Morgan fingerprint density at radius 1 is 1.23 bits per heavy atom. The predicted octanol–water partition coefficient (Wildman–Crippen LogP) is 1.10. The van der Waals surface area contributed by atoms with Crippen LogP contribution in [0.25, 0.3) is 10.8 Å². The minimum absolute atomic E-state index is 0.523. The molecule has 1 aromatic heterocycles. The molecule has 0 saturated heterocycles. The first kappa shape index (κ1) is 7.82. The summed E-state index contributed by atoms with van der Waals surface area (Å²) in [6, 6.07) is 7.62. The summed E-state index contributed by atoms with van der Waals surface area (Å²) in [5, 5.41) is 1.98. The molecule has 4 heteroatoms. The first-order chi connectivity index (χ1) is 6.31. The van der Waals surface area contributed by atoms with Gasteiger partial charge in [0.25, 0.3) is 0 Å². The Bertz CT molecular complexity index is 439. The SMILES string of the molecule is NNc1ccc2ccnc(N)c2c1. The van der Waals surface area contributed by atoms with E-state index in [4.69, 9.17) is 11.6 Å². The molecule has 4 nitrogen and oxygen atoms in total. The fourth-order valence-corrected chi connectivity index (χ4v) is 1.28. The van der Waals surface area contributed by atoms with E-state index in [-0.39, 0.29) is 0 Å². The van der Waals surface area contributed by atoms with Gasteiger partial charge in [0.2, 0.25) is 0 Å². The van der Waals surface area contributed by atoms with Crippen LogP contribution in [0.5, 0.6) is 0 Å². The predicted molar refractivity (Wildman–Crippen MR) is 54.0 cm³/mol. The maximum absolute atomic E-state index is 5.70. The van der Waals surface area contributed by atoms with Crippen molar-refractivity contribution in [3.63, 3.8) is 0 Å². The number of nitrogen functional groups attached to an aromatic ring is 2. The molecule has 0 radical (unpaired) electrons. The van der Waals surface area contributed by atoms with Crippen LogP contribution in [0.15, 0.2) is 30.5 Å². The Labute approximate surface area is 75.5 Å². The van der Waals surface area contributed by atoms with Gasteiger partial charge in [-0.05, 0) is 23.6 Å². The van der Waals surface area contributed by atoms with Crippen molar-refractivity contribution in [2.75, 3.05) is 11.2 Å². The molecule has 0 spiro atoms. The van der Waals surface area contributed by atoms with E-state index in [1.54, 1.807) is 6.20 Å². The molecule has 0 unspecified atom stereocenters. The minimum Gasteiger partial charge on any atom is -0.383 e. The van der Waals surface area contributed by atoms with Gasteiger partial charge in [-0.2, -0.15) is 0 Å². The first-order valence-corrected chi connectivity index (χ1v) is 3.92. The lowest BCUT2D eigenvalue weighted by Crippen LogP contribution is -2.06. The van der Waals surface area contributed by atoms with E-state index in [2.05, 4.69) is 10.4 Å². The molecule has 1 heterocycles. The molecule has 0 atom stereocenters. The molecule has 0 amide bonds. The molecule has 0 saturated carbocycles. The summed E-state index contributed by atoms with van der Waals surface area (Å²) in [6.07, 6.45) is 1.69. The number of hydrazine groups is 1. The second-order valence-electron chi connectivity index (χ2n) is 2.78. The van der Waals surface area contributed by atoms with Gasteiger partial charge in [0.05, 0.1) is 0 Å². The highest BCUT2D eigenvalue weighted by Crippen LogP contribution is 2.21. The van der Waals surface area contributed by atoms with Gasteiger partial charge in [0.15, 0.2) is 0 Å². The summed E-state index contributed by atoms with van der Waals surface area (Å²) in [5.41, 5.74) is 9.09. The molecule has 13 heavy (non-hydrogen) atoms. The van der Waals surface area contributed by atoms with E-state index in [0.717, 1.165) is 16.5 Å². The Balaban J connectivity index is 2.74. The number of hydrogen-bond donors (Lipinski definition) is 3. The normalized spacial score (nSPS) is 10.2. The number of rotatable bonds is 1. The number of nitrogens with two attached hydrogens (primary N) is 2. The smallest absolute Gasteiger partial charge is 0.131 e. The monoisotopic (exact) mass is 174 g/mol. The summed E-state index contributed by atoms with van der Waals surface area (Å²) in [5.74, 6) is 5.80. The van der Waals surface area contributed by atoms with Crippen LogP contribution in [0.2, 0.25) is 0 Å². The Kier molecular flexibility index (Phi) is 1.75. The number of anilines is 2. The summed E-state index contributed by atoms with van der Waals surface area (Å²) < 4.78 is 0. The van der Waals surface area contributed by atoms with Crippen molar-refractivity contribution in [2.45, 2.75) is 0 Å². The van der Waals surface area contributed by atoms with Crippen LogP contribution in [-0.2, 0) is 0 Å². The maximum Gasteiger partial charge on any atom is 0.131 e. The molecule has 0 aliphatic heterocycles. The molecular formula is C9H10N4. The average molecular weight is 174 g/mol. The molecule has 0 aliphatic rings. The number of hydrogen-bond acceptors (Lipinski definition) is 4. The van der Waals surface area contributed by atoms with Gasteiger partial charge in [-0.1, -0.05) is 6.07 Å². The van der Waals surface area contributed by atoms with Gasteiger partial charge in [0.1, 0.15) is 5.82 Å². The van der Waals surface area contributed by atoms with Crippen molar-refractivity contribution in [1.29, 1.82) is 0 Å². The molecule has 66 valence electrons. The van der Waals surface area contributed by atoms with Gasteiger partial charge >= 0.3 is 0 Å². The number of benzene rings is 1. The van der Waals surface area contributed by atoms with Crippen molar-refractivity contribution in [2.24, 2.45) is 5.84 Å². The lowest BCUT2D eigenvalue weighted by atomic mass is 10.1. The zero-order valence-electron chi connectivity index (χ0n) is 6.99. The fourth-order valence-electron chi connectivity index (χ4n) is 1.28. The lowest BCUT2D eigenvalue weighted by Gasteiger charge is -2.03. The van der Waals surface area contributed by atoms with E-state index in [1.807, 2.05) is 24.3 Å². The second-order valence-corrected chi connectivity index (χ2v) is 2.78. The third kappa shape index (κ3) is 1.27. The Hall–Kier alpha value is -1.81. The third-order valence-corrected chi connectivity index (χ3v) is 1.96. The van der Waals surface area contributed by atoms with Gasteiger partial charge in [-0.3, -0.25) is 5.84 Å².